The smallest absolute Gasteiger partial charge is 0.367 e. The summed E-state index contributed by atoms with van der Waals surface area (Å²) < 4.78 is 40.5. The SMILES string of the molecule is CCCC(C)(N)C(=O)NCc1ccc(COCC(F)(F)F)cc1. The summed E-state index contributed by atoms with van der Waals surface area (Å²) in [6.45, 7) is 2.59. The van der Waals surface area contributed by atoms with Crippen molar-refractivity contribution in [2.75, 3.05) is 6.61 Å². The molecule has 23 heavy (non-hydrogen) atoms. The van der Waals surface area contributed by atoms with Gasteiger partial charge in [-0.1, -0.05) is 37.6 Å². The Labute approximate surface area is 134 Å². The summed E-state index contributed by atoms with van der Waals surface area (Å²) in [7, 11) is 0. The lowest BCUT2D eigenvalue weighted by atomic mass is 9.96. The van der Waals surface area contributed by atoms with Crippen molar-refractivity contribution in [1.29, 1.82) is 0 Å². The van der Waals surface area contributed by atoms with Crippen LogP contribution < -0.4 is 11.1 Å². The maximum atomic E-state index is 12.0. The third-order valence-corrected chi connectivity index (χ3v) is 3.30. The molecule has 0 aliphatic heterocycles. The average molecular weight is 332 g/mol. The molecule has 0 fully saturated rings. The number of carbonyl (C=O) groups is 1. The molecule has 7 heteroatoms. The fourth-order valence-corrected chi connectivity index (χ4v) is 2.06. The number of ether oxygens (including phenoxy) is 1. The molecule has 130 valence electrons. The molecule has 4 nitrogen and oxygen atoms in total. The maximum absolute atomic E-state index is 12.0. The van der Waals surface area contributed by atoms with Crippen LogP contribution in [0.15, 0.2) is 24.3 Å². The Bertz CT molecular complexity index is 499. The molecule has 1 amide bonds. The van der Waals surface area contributed by atoms with Gasteiger partial charge < -0.3 is 15.8 Å². The Morgan fingerprint density at radius 3 is 2.30 bits per heavy atom. The lowest BCUT2D eigenvalue weighted by Gasteiger charge is -2.22. The number of alkyl halides is 3. The highest BCUT2D eigenvalue weighted by Gasteiger charge is 2.27. The second kappa shape index (κ2) is 8.31. The standard InChI is InChI=1S/C16H23F3N2O2/c1-3-8-15(2,20)14(22)21-9-12-4-6-13(7-5-12)10-23-11-16(17,18)19/h4-7H,3,8-11,20H2,1-2H3,(H,21,22). The number of hydrogen-bond acceptors (Lipinski definition) is 3. The molecule has 1 aromatic carbocycles. The first kappa shape index (κ1) is 19.4. The van der Waals surface area contributed by atoms with Crippen molar-refractivity contribution in [3.63, 3.8) is 0 Å². The third kappa shape index (κ3) is 7.47. The zero-order valence-corrected chi connectivity index (χ0v) is 13.4. The van der Waals surface area contributed by atoms with Crippen LogP contribution in [-0.2, 0) is 22.7 Å². The largest absolute Gasteiger partial charge is 0.411 e. The first-order valence-corrected chi connectivity index (χ1v) is 7.43. The van der Waals surface area contributed by atoms with Crippen LogP contribution in [-0.4, -0.2) is 24.2 Å². The molecule has 1 unspecified atom stereocenters. The van der Waals surface area contributed by atoms with Crippen molar-refractivity contribution in [2.24, 2.45) is 5.73 Å². The Balaban J connectivity index is 2.44. The molecule has 0 saturated carbocycles. The van der Waals surface area contributed by atoms with Crippen LogP contribution in [0.2, 0.25) is 0 Å². The van der Waals surface area contributed by atoms with Crippen LogP contribution in [0.1, 0.15) is 37.8 Å². The van der Waals surface area contributed by atoms with Gasteiger partial charge in [0, 0.05) is 6.54 Å². The summed E-state index contributed by atoms with van der Waals surface area (Å²) in [6, 6.07) is 6.82. The van der Waals surface area contributed by atoms with E-state index in [1.807, 2.05) is 6.92 Å². The van der Waals surface area contributed by atoms with E-state index in [9.17, 15) is 18.0 Å². The lowest BCUT2D eigenvalue weighted by Crippen LogP contribution is -2.51. The first-order chi connectivity index (χ1) is 10.6. The van der Waals surface area contributed by atoms with Gasteiger partial charge in [-0.2, -0.15) is 13.2 Å². The fourth-order valence-electron chi connectivity index (χ4n) is 2.06. The summed E-state index contributed by atoms with van der Waals surface area (Å²) in [5, 5.41) is 2.76. The molecule has 1 atom stereocenters. The van der Waals surface area contributed by atoms with Gasteiger partial charge in [-0.15, -0.1) is 0 Å². The molecule has 1 rings (SSSR count). The van der Waals surface area contributed by atoms with Crippen LogP contribution >= 0.6 is 0 Å². The molecule has 0 heterocycles. The predicted molar refractivity (Wildman–Crippen MR) is 81.5 cm³/mol. The summed E-state index contributed by atoms with van der Waals surface area (Å²) in [5.41, 5.74) is 6.50. The van der Waals surface area contributed by atoms with E-state index < -0.39 is 18.3 Å². The first-order valence-electron chi connectivity index (χ1n) is 7.43. The van der Waals surface area contributed by atoms with Gasteiger partial charge in [-0.25, -0.2) is 0 Å². The molecule has 0 aromatic heterocycles. The molecule has 0 saturated heterocycles. The molecule has 0 spiro atoms. The van der Waals surface area contributed by atoms with E-state index in [1.54, 1.807) is 31.2 Å². The molecular weight excluding hydrogens is 309 g/mol. The van der Waals surface area contributed by atoms with Crippen molar-refractivity contribution in [3.05, 3.63) is 35.4 Å². The highest BCUT2D eigenvalue weighted by molar-refractivity contribution is 5.85. The van der Waals surface area contributed by atoms with Gasteiger partial charge in [0.25, 0.3) is 0 Å². The minimum absolute atomic E-state index is 0.108. The minimum atomic E-state index is -4.32. The van der Waals surface area contributed by atoms with Crippen LogP contribution in [0, 0.1) is 0 Å². The van der Waals surface area contributed by atoms with Crippen LogP contribution in [0.3, 0.4) is 0 Å². The number of benzene rings is 1. The number of amides is 1. The summed E-state index contributed by atoms with van der Waals surface area (Å²) in [6.07, 6.45) is -2.92. The molecule has 3 N–H and O–H groups in total. The second-order valence-electron chi connectivity index (χ2n) is 5.77. The maximum Gasteiger partial charge on any atom is 0.411 e. The summed E-state index contributed by atoms with van der Waals surface area (Å²) in [4.78, 5) is 12.0. The van der Waals surface area contributed by atoms with E-state index in [1.165, 1.54) is 0 Å². The Morgan fingerprint density at radius 2 is 1.78 bits per heavy atom. The highest BCUT2D eigenvalue weighted by atomic mass is 19.4. The molecule has 1 aromatic rings. The number of carbonyl (C=O) groups excluding carboxylic acids is 1. The van der Waals surface area contributed by atoms with E-state index in [-0.39, 0.29) is 12.5 Å². The van der Waals surface area contributed by atoms with Crippen molar-refractivity contribution < 1.29 is 22.7 Å². The van der Waals surface area contributed by atoms with Crippen LogP contribution in [0.25, 0.3) is 0 Å². The molecule has 0 bridgehead atoms. The summed E-state index contributed by atoms with van der Waals surface area (Å²) >= 11 is 0. The van der Waals surface area contributed by atoms with Gasteiger partial charge in [0.05, 0.1) is 12.1 Å². The second-order valence-corrected chi connectivity index (χ2v) is 5.77. The normalized spacial score (nSPS) is 14.3. The van der Waals surface area contributed by atoms with E-state index in [0.717, 1.165) is 12.0 Å². The zero-order chi connectivity index (χ0) is 17.5. The quantitative estimate of drug-likeness (QED) is 0.769. The number of rotatable bonds is 8. The average Bonchev–Trinajstić information content (AvgIpc) is 2.44. The zero-order valence-electron chi connectivity index (χ0n) is 13.4. The molecule has 0 aliphatic carbocycles. The third-order valence-electron chi connectivity index (χ3n) is 3.30. The van der Waals surface area contributed by atoms with Gasteiger partial charge in [0.15, 0.2) is 0 Å². The number of halogens is 3. The topological polar surface area (TPSA) is 64.4 Å². The fraction of sp³-hybridized carbons (Fsp3) is 0.562. The molecule has 0 aliphatic rings. The van der Waals surface area contributed by atoms with Gasteiger partial charge in [-0.05, 0) is 24.5 Å². The van der Waals surface area contributed by atoms with E-state index >= 15 is 0 Å². The Morgan fingerprint density at radius 1 is 1.22 bits per heavy atom. The van der Waals surface area contributed by atoms with Gasteiger partial charge in [0.2, 0.25) is 5.91 Å². The number of nitrogens with two attached hydrogens (primary N) is 1. The van der Waals surface area contributed by atoms with E-state index in [0.29, 0.717) is 18.5 Å². The highest BCUT2D eigenvalue weighted by Crippen LogP contribution is 2.16. The Kier molecular flexibility index (Phi) is 7.02. The van der Waals surface area contributed by atoms with Crippen LogP contribution in [0.4, 0.5) is 13.2 Å². The number of hydrogen-bond donors (Lipinski definition) is 2. The van der Waals surface area contributed by atoms with Crippen molar-refractivity contribution in [3.8, 4) is 0 Å². The number of nitrogens with one attached hydrogen (secondary N) is 1. The van der Waals surface area contributed by atoms with Gasteiger partial charge >= 0.3 is 6.18 Å². The van der Waals surface area contributed by atoms with Crippen molar-refractivity contribution >= 4 is 5.91 Å². The molecular formula is C16H23F3N2O2. The monoisotopic (exact) mass is 332 g/mol. The van der Waals surface area contributed by atoms with Gasteiger partial charge in [0.1, 0.15) is 6.61 Å². The van der Waals surface area contributed by atoms with Crippen molar-refractivity contribution in [1.82, 2.24) is 5.32 Å². The lowest BCUT2D eigenvalue weighted by molar-refractivity contribution is -0.176. The van der Waals surface area contributed by atoms with Gasteiger partial charge in [-0.3, -0.25) is 4.79 Å². The van der Waals surface area contributed by atoms with E-state index in [4.69, 9.17) is 5.73 Å². The van der Waals surface area contributed by atoms with Crippen LogP contribution in [0.5, 0.6) is 0 Å². The predicted octanol–water partition coefficient (Wildman–Crippen LogP) is 2.90. The Hall–Kier alpha value is -1.60. The summed E-state index contributed by atoms with van der Waals surface area (Å²) in [5.74, 6) is -0.225. The molecule has 0 radical (unpaired) electrons. The minimum Gasteiger partial charge on any atom is -0.367 e. The van der Waals surface area contributed by atoms with Crippen molar-refractivity contribution in [2.45, 2.75) is 51.6 Å². The van der Waals surface area contributed by atoms with E-state index in [2.05, 4.69) is 10.1 Å².